The number of carbonyl (C=O) groups is 2. The molecule has 22 heavy (non-hydrogen) atoms. The lowest BCUT2D eigenvalue weighted by Gasteiger charge is -2.23. The maximum absolute atomic E-state index is 11.8. The van der Waals surface area contributed by atoms with E-state index < -0.39 is 16.9 Å². The highest BCUT2D eigenvalue weighted by Crippen LogP contribution is 2.29. The number of non-ortho nitro benzene ring substituents is 1. The van der Waals surface area contributed by atoms with Crippen LogP contribution in [0.25, 0.3) is 0 Å². The zero-order valence-corrected chi connectivity index (χ0v) is 12.9. The first-order valence-electron chi connectivity index (χ1n) is 6.54. The summed E-state index contributed by atoms with van der Waals surface area (Å²) in [4.78, 5) is 34.6. The Kier molecular flexibility index (Phi) is 6.58. The maximum atomic E-state index is 11.8. The number of hydrogen-bond donors (Lipinski definition) is 1. The van der Waals surface area contributed by atoms with E-state index in [-0.39, 0.29) is 23.9 Å². The van der Waals surface area contributed by atoms with Crippen LogP contribution in [0, 0.1) is 10.1 Å². The summed E-state index contributed by atoms with van der Waals surface area (Å²) in [6.07, 6.45) is -0.821. The lowest BCUT2D eigenvalue weighted by atomic mass is 10.2. The molecule has 0 heterocycles. The molecular weight excluding hydrogens is 314 g/mol. The van der Waals surface area contributed by atoms with Gasteiger partial charge in [0, 0.05) is 18.7 Å². The van der Waals surface area contributed by atoms with Crippen LogP contribution in [0.4, 0.5) is 16.2 Å². The fourth-order valence-corrected chi connectivity index (χ4v) is 2.02. The number of hydrogen-bond acceptors (Lipinski definition) is 6. The van der Waals surface area contributed by atoms with E-state index >= 15 is 0 Å². The second-order valence-corrected chi connectivity index (χ2v) is 4.58. The molecule has 0 aromatic heterocycles. The predicted octanol–water partition coefficient (Wildman–Crippen LogP) is 2.35. The molecule has 120 valence electrons. The van der Waals surface area contributed by atoms with Gasteiger partial charge in [0.15, 0.2) is 0 Å². The molecule has 0 fully saturated rings. The molecule has 1 rings (SSSR count). The number of nitro groups is 1. The SMILES string of the molecule is CCOC(=O)NC(=O)CN(CC)c1ccc([N+](=O)[O-])cc1Cl. The third-order valence-corrected chi connectivity index (χ3v) is 3.02. The minimum Gasteiger partial charge on any atom is -0.450 e. The average Bonchev–Trinajstić information content (AvgIpc) is 2.45. The van der Waals surface area contributed by atoms with Gasteiger partial charge in [-0.1, -0.05) is 11.6 Å². The van der Waals surface area contributed by atoms with E-state index in [1.807, 2.05) is 0 Å². The van der Waals surface area contributed by atoms with Crippen LogP contribution in [0.15, 0.2) is 18.2 Å². The minimum absolute atomic E-state index is 0.132. The topological polar surface area (TPSA) is 102 Å². The first-order valence-corrected chi connectivity index (χ1v) is 6.92. The first kappa shape index (κ1) is 17.7. The summed E-state index contributed by atoms with van der Waals surface area (Å²) in [6, 6.07) is 3.97. The molecule has 0 saturated heterocycles. The lowest BCUT2D eigenvalue weighted by molar-refractivity contribution is -0.384. The Morgan fingerprint density at radius 3 is 2.59 bits per heavy atom. The van der Waals surface area contributed by atoms with Crippen LogP contribution in [0.3, 0.4) is 0 Å². The summed E-state index contributed by atoms with van der Waals surface area (Å²) in [6.45, 7) is 3.86. The van der Waals surface area contributed by atoms with Crippen molar-refractivity contribution < 1.29 is 19.2 Å². The Bertz CT molecular complexity index is 579. The van der Waals surface area contributed by atoms with Crippen molar-refractivity contribution in [2.45, 2.75) is 13.8 Å². The number of nitro benzene ring substituents is 1. The van der Waals surface area contributed by atoms with Crippen molar-refractivity contribution in [3.8, 4) is 0 Å². The van der Waals surface area contributed by atoms with Gasteiger partial charge in [-0.15, -0.1) is 0 Å². The summed E-state index contributed by atoms with van der Waals surface area (Å²) in [7, 11) is 0. The van der Waals surface area contributed by atoms with Crippen molar-refractivity contribution in [1.82, 2.24) is 5.32 Å². The van der Waals surface area contributed by atoms with Gasteiger partial charge >= 0.3 is 6.09 Å². The van der Waals surface area contributed by atoms with Crippen molar-refractivity contribution in [1.29, 1.82) is 0 Å². The molecule has 0 spiro atoms. The van der Waals surface area contributed by atoms with Crippen LogP contribution < -0.4 is 10.2 Å². The fourth-order valence-electron chi connectivity index (χ4n) is 1.73. The molecule has 0 saturated carbocycles. The molecule has 0 radical (unpaired) electrons. The molecule has 0 bridgehead atoms. The number of halogens is 1. The maximum Gasteiger partial charge on any atom is 0.413 e. The number of imide groups is 1. The Hall–Kier alpha value is -2.35. The summed E-state index contributed by atoms with van der Waals surface area (Å²) >= 11 is 6.02. The van der Waals surface area contributed by atoms with Gasteiger partial charge in [-0.05, 0) is 19.9 Å². The zero-order chi connectivity index (χ0) is 16.7. The molecule has 0 aliphatic heterocycles. The van der Waals surface area contributed by atoms with Crippen LogP contribution >= 0.6 is 11.6 Å². The van der Waals surface area contributed by atoms with Gasteiger partial charge in [-0.3, -0.25) is 20.2 Å². The van der Waals surface area contributed by atoms with Crippen molar-refractivity contribution >= 4 is 35.0 Å². The van der Waals surface area contributed by atoms with Gasteiger partial charge in [0.1, 0.15) is 0 Å². The summed E-state index contributed by atoms with van der Waals surface area (Å²) in [5.41, 5.74) is 0.328. The Morgan fingerprint density at radius 2 is 2.09 bits per heavy atom. The van der Waals surface area contributed by atoms with Crippen LogP contribution in [0.2, 0.25) is 5.02 Å². The van der Waals surface area contributed by atoms with Gasteiger partial charge in [0.25, 0.3) is 5.69 Å². The fraction of sp³-hybridized carbons (Fsp3) is 0.385. The van der Waals surface area contributed by atoms with Crippen molar-refractivity contribution in [3.63, 3.8) is 0 Å². The lowest BCUT2D eigenvalue weighted by Crippen LogP contribution is -2.40. The molecule has 1 aromatic rings. The molecule has 9 heteroatoms. The van der Waals surface area contributed by atoms with Gasteiger partial charge in [0.05, 0.1) is 28.8 Å². The third-order valence-electron chi connectivity index (χ3n) is 2.72. The average molecular weight is 330 g/mol. The molecular formula is C13H16ClN3O5. The monoisotopic (exact) mass is 329 g/mol. The molecule has 1 aromatic carbocycles. The quantitative estimate of drug-likeness (QED) is 0.635. The highest BCUT2D eigenvalue weighted by Gasteiger charge is 2.17. The number of rotatable bonds is 6. The van der Waals surface area contributed by atoms with Crippen LogP contribution in [0.1, 0.15) is 13.8 Å². The number of carbonyl (C=O) groups excluding carboxylic acids is 2. The molecule has 0 aliphatic rings. The molecule has 1 N–H and O–H groups in total. The molecule has 0 aliphatic carbocycles. The zero-order valence-electron chi connectivity index (χ0n) is 12.2. The number of ether oxygens (including phenoxy) is 1. The van der Waals surface area contributed by atoms with Crippen LogP contribution in [0.5, 0.6) is 0 Å². The molecule has 0 atom stereocenters. The van der Waals surface area contributed by atoms with E-state index in [2.05, 4.69) is 10.1 Å². The number of anilines is 1. The smallest absolute Gasteiger partial charge is 0.413 e. The largest absolute Gasteiger partial charge is 0.450 e. The minimum atomic E-state index is -0.821. The van der Waals surface area contributed by atoms with Crippen LogP contribution in [-0.4, -0.2) is 36.6 Å². The van der Waals surface area contributed by atoms with Crippen molar-refractivity contribution in [3.05, 3.63) is 33.3 Å². The summed E-state index contributed by atoms with van der Waals surface area (Å²) in [5, 5.41) is 12.9. The summed E-state index contributed by atoms with van der Waals surface area (Å²) < 4.78 is 4.61. The standard InChI is InChI=1S/C13H16ClN3O5/c1-3-16(8-12(18)15-13(19)22-4-2)11-6-5-9(17(20)21)7-10(11)14/h5-7H,3-4,8H2,1-2H3,(H,15,18,19). The second kappa shape index (κ2) is 8.18. The number of amides is 2. The number of alkyl carbamates (subject to hydrolysis) is 1. The van der Waals surface area contributed by atoms with E-state index in [4.69, 9.17) is 11.6 Å². The van der Waals surface area contributed by atoms with Crippen LogP contribution in [-0.2, 0) is 9.53 Å². The summed E-state index contributed by atoms with van der Waals surface area (Å²) in [5.74, 6) is -0.560. The molecule has 2 amide bonds. The van der Waals surface area contributed by atoms with E-state index in [0.717, 1.165) is 0 Å². The predicted molar refractivity (Wildman–Crippen MR) is 81.2 cm³/mol. The number of nitrogens with one attached hydrogen (secondary N) is 1. The van der Waals surface area contributed by atoms with E-state index in [0.29, 0.717) is 12.2 Å². The Balaban J connectivity index is 2.81. The number of likely N-dealkylation sites (N-methyl/N-ethyl adjacent to an activating group) is 1. The van der Waals surface area contributed by atoms with E-state index in [1.54, 1.807) is 18.7 Å². The second-order valence-electron chi connectivity index (χ2n) is 4.18. The van der Waals surface area contributed by atoms with E-state index in [9.17, 15) is 19.7 Å². The highest BCUT2D eigenvalue weighted by molar-refractivity contribution is 6.33. The highest BCUT2D eigenvalue weighted by atomic mass is 35.5. The van der Waals surface area contributed by atoms with Gasteiger partial charge in [-0.25, -0.2) is 4.79 Å². The number of nitrogens with zero attached hydrogens (tertiary/aromatic N) is 2. The van der Waals surface area contributed by atoms with Gasteiger partial charge in [-0.2, -0.15) is 0 Å². The van der Waals surface area contributed by atoms with Crippen molar-refractivity contribution in [2.75, 3.05) is 24.6 Å². The Morgan fingerprint density at radius 1 is 1.41 bits per heavy atom. The van der Waals surface area contributed by atoms with Gasteiger partial charge in [0.2, 0.25) is 5.91 Å². The van der Waals surface area contributed by atoms with Crippen molar-refractivity contribution in [2.24, 2.45) is 0 Å². The van der Waals surface area contributed by atoms with E-state index in [1.165, 1.54) is 18.2 Å². The number of benzene rings is 1. The van der Waals surface area contributed by atoms with Gasteiger partial charge < -0.3 is 9.64 Å². The molecule has 0 unspecified atom stereocenters. The Labute approximate surface area is 132 Å². The normalized spacial score (nSPS) is 9.95. The third kappa shape index (κ3) is 4.88. The molecule has 8 nitrogen and oxygen atoms in total. The first-order chi connectivity index (χ1) is 10.4.